The van der Waals surface area contributed by atoms with Gasteiger partial charge in [0.2, 0.25) is 0 Å². The van der Waals surface area contributed by atoms with Crippen LogP contribution in [0, 0.1) is 0 Å². The summed E-state index contributed by atoms with van der Waals surface area (Å²) in [5.74, 6) is 0. The maximum Gasteiger partial charge on any atom is 0.0718 e. The van der Waals surface area contributed by atoms with Crippen molar-refractivity contribution >= 4 is 0 Å². The Morgan fingerprint density at radius 1 is 1.67 bits per heavy atom. The molecule has 2 heterocycles. The molecule has 0 radical (unpaired) electrons. The number of rotatable bonds is 1. The molecular formula is C7H13NO. The van der Waals surface area contributed by atoms with Crippen molar-refractivity contribution in [3.63, 3.8) is 0 Å². The first-order chi connectivity index (χ1) is 4.40. The predicted molar refractivity (Wildman–Crippen MR) is 35.4 cm³/mol. The van der Waals surface area contributed by atoms with Crippen LogP contribution in [0.15, 0.2) is 0 Å². The summed E-state index contributed by atoms with van der Waals surface area (Å²) in [5, 5.41) is 0. The summed E-state index contributed by atoms with van der Waals surface area (Å²) < 4.78 is 5.44. The van der Waals surface area contributed by atoms with Gasteiger partial charge in [-0.15, -0.1) is 0 Å². The topological polar surface area (TPSA) is 12.5 Å². The van der Waals surface area contributed by atoms with E-state index in [2.05, 4.69) is 11.8 Å². The number of hydrogen-bond donors (Lipinski definition) is 0. The fourth-order valence-corrected chi connectivity index (χ4v) is 1.87. The highest BCUT2D eigenvalue weighted by Gasteiger charge is 2.37. The number of fused-ring (bicyclic) bond motifs is 2. The van der Waals surface area contributed by atoms with Crippen LogP contribution in [0.3, 0.4) is 0 Å². The highest BCUT2D eigenvalue weighted by Crippen LogP contribution is 2.26. The average Bonchev–Trinajstić information content (AvgIpc) is 2.45. The summed E-state index contributed by atoms with van der Waals surface area (Å²) >= 11 is 0. The minimum atomic E-state index is 0.579. The van der Waals surface area contributed by atoms with Crippen LogP contribution in [0.2, 0.25) is 0 Å². The van der Waals surface area contributed by atoms with Crippen molar-refractivity contribution < 1.29 is 4.74 Å². The van der Waals surface area contributed by atoms with Crippen molar-refractivity contribution in [2.24, 2.45) is 0 Å². The third kappa shape index (κ3) is 0.775. The molecule has 2 aliphatic rings. The molecule has 0 amide bonds. The highest BCUT2D eigenvalue weighted by molar-refractivity contribution is 4.90. The third-order valence-corrected chi connectivity index (χ3v) is 2.42. The van der Waals surface area contributed by atoms with Gasteiger partial charge in [-0.3, -0.25) is 4.90 Å². The van der Waals surface area contributed by atoms with Crippen molar-refractivity contribution in [1.29, 1.82) is 0 Å². The SMILES string of the molecule is CCN1CC2C[C@H]1CO2. The zero-order valence-electron chi connectivity index (χ0n) is 5.84. The second-order valence-electron chi connectivity index (χ2n) is 2.93. The summed E-state index contributed by atoms with van der Waals surface area (Å²) in [6.07, 6.45) is 1.86. The molecule has 2 rings (SSSR count). The fourth-order valence-electron chi connectivity index (χ4n) is 1.87. The Morgan fingerprint density at radius 3 is 2.89 bits per heavy atom. The molecule has 0 aliphatic carbocycles. The second kappa shape index (κ2) is 1.96. The lowest BCUT2D eigenvalue weighted by Gasteiger charge is -2.24. The van der Waals surface area contributed by atoms with Crippen molar-refractivity contribution in [2.75, 3.05) is 19.7 Å². The molecule has 9 heavy (non-hydrogen) atoms. The lowest BCUT2D eigenvalue weighted by atomic mass is 10.2. The Labute approximate surface area is 55.8 Å². The Morgan fingerprint density at radius 2 is 2.56 bits per heavy atom. The Bertz CT molecular complexity index is 115. The Balaban J connectivity index is 2.01. The van der Waals surface area contributed by atoms with Gasteiger partial charge in [0.25, 0.3) is 0 Å². The molecule has 2 fully saturated rings. The second-order valence-corrected chi connectivity index (χ2v) is 2.93. The van der Waals surface area contributed by atoms with E-state index < -0.39 is 0 Å². The van der Waals surface area contributed by atoms with E-state index in [0.29, 0.717) is 6.10 Å². The van der Waals surface area contributed by atoms with Crippen LogP contribution < -0.4 is 0 Å². The molecule has 2 nitrogen and oxygen atoms in total. The van der Waals surface area contributed by atoms with Gasteiger partial charge in [-0.05, 0) is 13.0 Å². The van der Waals surface area contributed by atoms with Crippen LogP contribution in [0.4, 0.5) is 0 Å². The van der Waals surface area contributed by atoms with E-state index in [1.165, 1.54) is 19.5 Å². The van der Waals surface area contributed by atoms with Crippen LogP contribution in [-0.4, -0.2) is 36.7 Å². The Kier molecular flexibility index (Phi) is 1.24. The van der Waals surface area contributed by atoms with Gasteiger partial charge in [-0.25, -0.2) is 0 Å². The lowest BCUT2D eigenvalue weighted by molar-refractivity contribution is 0.0329. The minimum absolute atomic E-state index is 0.579. The number of nitrogens with zero attached hydrogens (tertiary/aromatic N) is 1. The van der Waals surface area contributed by atoms with Crippen molar-refractivity contribution in [2.45, 2.75) is 25.5 Å². The molecule has 2 aliphatic heterocycles. The average molecular weight is 127 g/mol. The molecule has 0 aromatic heterocycles. The first-order valence-electron chi connectivity index (χ1n) is 3.76. The number of likely N-dealkylation sites (tertiary alicyclic amines) is 1. The van der Waals surface area contributed by atoms with E-state index in [0.717, 1.165) is 12.6 Å². The third-order valence-electron chi connectivity index (χ3n) is 2.42. The van der Waals surface area contributed by atoms with E-state index in [-0.39, 0.29) is 0 Å². The van der Waals surface area contributed by atoms with Gasteiger partial charge in [0.05, 0.1) is 12.7 Å². The van der Waals surface area contributed by atoms with Crippen LogP contribution in [0.1, 0.15) is 13.3 Å². The molecule has 2 bridgehead atoms. The van der Waals surface area contributed by atoms with E-state index in [4.69, 9.17) is 4.74 Å². The molecule has 0 saturated carbocycles. The number of hydrogen-bond acceptors (Lipinski definition) is 2. The quantitative estimate of drug-likeness (QED) is 0.508. The lowest BCUT2D eigenvalue weighted by Crippen LogP contribution is -2.36. The summed E-state index contributed by atoms with van der Waals surface area (Å²) in [6, 6.07) is 0.764. The molecule has 0 spiro atoms. The maximum atomic E-state index is 5.44. The predicted octanol–water partition coefficient (Wildman–Crippen LogP) is 0.479. The van der Waals surface area contributed by atoms with Gasteiger partial charge >= 0.3 is 0 Å². The summed E-state index contributed by atoms with van der Waals surface area (Å²) in [7, 11) is 0. The molecule has 2 heteroatoms. The number of likely N-dealkylation sites (N-methyl/N-ethyl adjacent to an activating group) is 1. The first kappa shape index (κ1) is 5.69. The van der Waals surface area contributed by atoms with Gasteiger partial charge in [-0.1, -0.05) is 6.92 Å². The molecule has 0 aromatic carbocycles. The maximum absolute atomic E-state index is 5.44. The van der Waals surface area contributed by atoms with Gasteiger partial charge in [0, 0.05) is 12.6 Å². The molecule has 2 atom stereocenters. The standard InChI is InChI=1S/C7H13NO/c1-2-8-4-7-3-6(8)5-9-7/h6-7H,2-5H2,1H3/t6-,7?/m0/s1. The molecule has 0 N–H and O–H groups in total. The minimum Gasteiger partial charge on any atom is -0.375 e. The fraction of sp³-hybridized carbons (Fsp3) is 1.00. The largest absolute Gasteiger partial charge is 0.375 e. The Hall–Kier alpha value is -0.0800. The van der Waals surface area contributed by atoms with Gasteiger partial charge in [-0.2, -0.15) is 0 Å². The first-order valence-corrected chi connectivity index (χ1v) is 3.76. The van der Waals surface area contributed by atoms with Crippen molar-refractivity contribution in [1.82, 2.24) is 4.90 Å². The molecular weight excluding hydrogens is 114 g/mol. The van der Waals surface area contributed by atoms with Gasteiger partial charge < -0.3 is 4.74 Å². The summed E-state index contributed by atoms with van der Waals surface area (Å²) in [5.41, 5.74) is 0. The van der Waals surface area contributed by atoms with Crippen LogP contribution >= 0.6 is 0 Å². The van der Waals surface area contributed by atoms with E-state index in [1.807, 2.05) is 0 Å². The molecule has 1 unspecified atom stereocenters. The smallest absolute Gasteiger partial charge is 0.0718 e. The summed E-state index contributed by atoms with van der Waals surface area (Å²) in [6.45, 7) is 5.59. The van der Waals surface area contributed by atoms with Crippen LogP contribution in [-0.2, 0) is 4.74 Å². The number of morpholine rings is 1. The molecule has 2 saturated heterocycles. The van der Waals surface area contributed by atoms with E-state index >= 15 is 0 Å². The van der Waals surface area contributed by atoms with E-state index in [1.54, 1.807) is 0 Å². The summed E-state index contributed by atoms with van der Waals surface area (Å²) in [4.78, 5) is 2.51. The van der Waals surface area contributed by atoms with Crippen LogP contribution in [0.25, 0.3) is 0 Å². The molecule has 0 aromatic rings. The van der Waals surface area contributed by atoms with Crippen LogP contribution in [0.5, 0.6) is 0 Å². The number of ether oxygens (including phenoxy) is 1. The van der Waals surface area contributed by atoms with Gasteiger partial charge in [0.15, 0.2) is 0 Å². The van der Waals surface area contributed by atoms with E-state index in [9.17, 15) is 0 Å². The van der Waals surface area contributed by atoms with Gasteiger partial charge in [0.1, 0.15) is 0 Å². The molecule has 52 valence electrons. The van der Waals surface area contributed by atoms with Crippen molar-refractivity contribution in [3.05, 3.63) is 0 Å². The zero-order valence-corrected chi connectivity index (χ0v) is 5.84. The monoisotopic (exact) mass is 127 g/mol. The highest BCUT2D eigenvalue weighted by atomic mass is 16.5. The van der Waals surface area contributed by atoms with Crippen molar-refractivity contribution in [3.8, 4) is 0 Å². The normalized spacial score (nSPS) is 42.3. The zero-order chi connectivity index (χ0) is 6.27.